The highest BCUT2D eigenvalue weighted by Crippen LogP contribution is 2.13. The van der Waals surface area contributed by atoms with Gasteiger partial charge in [-0.15, -0.1) is 0 Å². The number of nitrogens with zero attached hydrogens (tertiary/aromatic N) is 2. The molecule has 2 aromatic rings. The Labute approximate surface area is 124 Å². The Balaban J connectivity index is 2.16. The maximum absolute atomic E-state index is 12.1. The fourth-order valence-electron chi connectivity index (χ4n) is 2.14. The smallest absolute Gasteiger partial charge is 0.264 e. The van der Waals surface area contributed by atoms with Crippen LogP contribution in [0, 0.1) is 5.92 Å². The summed E-state index contributed by atoms with van der Waals surface area (Å²) < 4.78 is 28.1. The standard InChI is InChI=1S/C14H19N3O3S/c1-10(2)6-11(3)21(19,20)16-14(18)12-4-5-17-9-15-8-13(17)7-12/h4-5,7-11H,6H2,1-3H3,(H,16,18)/t11-/m1/s1. The highest BCUT2D eigenvalue weighted by atomic mass is 32.2. The molecular formula is C14H19N3O3S. The van der Waals surface area contributed by atoms with Crippen molar-refractivity contribution in [3.05, 3.63) is 36.4 Å². The lowest BCUT2D eigenvalue weighted by atomic mass is 10.1. The maximum Gasteiger partial charge on any atom is 0.264 e. The van der Waals surface area contributed by atoms with E-state index < -0.39 is 21.2 Å². The minimum absolute atomic E-state index is 0.245. The molecule has 0 aliphatic carbocycles. The summed E-state index contributed by atoms with van der Waals surface area (Å²) in [5.41, 5.74) is 1.03. The fourth-order valence-corrected chi connectivity index (χ4v) is 3.36. The van der Waals surface area contributed by atoms with Gasteiger partial charge >= 0.3 is 0 Å². The summed E-state index contributed by atoms with van der Waals surface area (Å²) in [7, 11) is -3.66. The van der Waals surface area contributed by atoms with E-state index in [1.165, 1.54) is 0 Å². The van der Waals surface area contributed by atoms with Crippen LogP contribution >= 0.6 is 0 Å². The second-order valence-corrected chi connectivity index (χ2v) is 7.66. The van der Waals surface area contributed by atoms with Crippen LogP contribution in [-0.2, 0) is 10.0 Å². The van der Waals surface area contributed by atoms with Crippen LogP contribution in [0.3, 0.4) is 0 Å². The molecule has 114 valence electrons. The van der Waals surface area contributed by atoms with Gasteiger partial charge in [0.2, 0.25) is 10.0 Å². The molecule has 0 unspecified atom stereocenters. The van der Waals surface area contributed by atoms with Gasteiger partial charge in [-0.05, 0) is 31.4 Å². The third-order valence-electron chi connectivity index (χ3n) is 3.24. The zero-order valence-corrected chi connectivity index (χ0v) is 13.1. The number of nitrogens with one attached hydrogen (secondary N) is 1. The predicted octanol–water partition coefficient (Wildman–Crippen LogP) is 1.83. The first-order chi connectivity index (χ1) is 9.79. The first kappa shape index (κ1) is 15.5. The molecule has 0 fully saturated rings. The molecule has 1 atom stereocenters. The van der Waals surface area contributed by atoms with Crippen LogP contribution in [-0.4, -0.2) is 29.0 Å². The zero-order chi connectivity index (χ0) is 15.6. The fraction of sp³-hybridized carbons (Fsp3) is 0.429. The van der Waals surface area contributed by atoms with E-state index in [0.717, 1.165) is 5.52 Å². The van der Waals surface area contributed by atoms with Gasteiger partial charge in [-0.25, -0.2) is 18.1 Å². The molecule has 1 amide bonds. The molecule has 0 saturated heterocycles. The number of amides is 1. The molecule has 0 spiro atoms. The van der Waals surface area contributed by atoms with Gasteiger partial charge in [-0.1, -0.05) is 13.8 Å². The molecule has 0 bridgehead atoms. The van der Waals surface area contributed by atoms with Crippen LogP contribution in [0.25, 0.3) is 5.52 Å². The van der Waals surface area contributed by atoms with Gasteiger partial charge in [-0.3, -0.25) is 4.79 Å². The monoisotopic (exact) mass is 309 g/mol. The average Bonchev–Trinajstić information content (AvgIpc) is 2.84. The van der Waals surface area contributed by atoms with Crippen molar-refractivity contribution < 1.29 is 13.2 Å². The number of carbonyl (C=O) groups excluding carboxylic acids is 1. The quantitative estimate of drug-likeness (QED) is 0.913. The van der Waals surface area contributed by atoms with Gasteiger partial charge < -0.3 is 4.40 Å². The maximum atomic E-state index is 12.1. The van der Waals surface area contributed by atoms with Crippen molar-refractivity contribution in [2.24, 2.45) is 5.92 Å². The van der Waals surface area contributed by atoms with E-state index in [4.69, 9.17) is 0 Å². The van der Waals surface area contributed by atoms with E-state index in [1.54, 1.807) is 42.2 Å². The van der Waals surface area contributed by atoms with Gasteiger partial charge in [-0.2, -0.15) is 0 Å². The third-order valence-corrected chi connectivity index (χ3v) is 4.97. The predicted molar refractivity (Wildman–Crippen MR) is 80.5 cm³/mol. The van der Waals surface area contributed by atoms with Gasteiger partial charge in [0.05, 0.1) is 23.3 Å². The van der Waals surface area contributed by atoms with E-state index in [2.05, 4.69) is 9.71 Å². The lowest BCUT2D eigenvalue weighted by Gasteiger charge is -2.15. The van der Waals surface area contributed by atoms with Crippen LogP contribution in [0.15, 0.2) is 30.9 Å². The SMILES string of the molecule is CC(C)C[C@@H](C)S(=O)(=O)NC(=O)c1ccn2cncc2c1. The number of hydrogen-bond acceptors (Lipinski definition) is 4. The Kier molecular flexibility index (Phi) is 4.32. The molecule has 6 nitrogen and oxygen atoms in total. The lowest BCUT2D eigenvalue weighted by molar-refractivity contribution is 0.0981. The number of imidazole rings is 1. The van der Waals surface area contributed by atoms with Crippen LogP contribution in [0.4, 0.5) is 0 Å². The summed E-state index contributed by atoms with van der Waals surface area (Å²) in [6.07, 6.45) is 5.39. The molecule has 0 aliphatic heterocycles. The Hall–Kier alpha value is -1.89. The molecule has 0 saturated carbocycles. The summed E-state index contributed by atoms with van der Waals surface area (Å²) in [5.74, 6) is -0.371. The van der Waals surface area contributed by atoms with Crippen LogP contribution < -0.4 is 4.72 Å². The number of hydrogen-bond donors (Lipinski definition) is 1. The van der Waals surface area contributed by atoms with Crippen molar-refractivity contribution in [1.29, 1.82) is 0 Å². The first-order valence-corrected chi connectivity index (χ1v) is 8.32. The highest BCUT2D eigenvalue weighted by Gasteiger charge is 2.24. The number of sulfonamides is 1. The van der Waals surface area contributed by atoms with E-state index in [-0.39, 0.29) is 5.92 Å². The average molecular weight is 309 g/mol. The van der Waals surface area contributed by atoms with E-state index >= 15 is 0 Å². The largest absolute Gasteiger partial charge is 0.306 e. The molecular weight excluding hydrogens is 290 g/mol. The second-order valence-electron chi connectivity index (χ2n) is 5.56. The Bertz CT molecular complexity index is 750. The minimum Gasteiger partial charge on any atom is -0.306 e. The van der Waals surface area contributed by atoms with Crippen LogP contribution in [0.1, 0.15) is 37.6 Å². The number of carbonyl (C=O) groups is 1. The Morgan fingerprint density at radius 1 is 1.38 bits per heavy atom. The highest BCUT2D eigenvalue weighted by molar-refractivity contribution is 7.90. The first-order valence-electron chi connectivity index (χ1n) is 6.77. The van der Waals surface area contributed by atoms with Crippen molar-refractivity contribution in [1.82, 2.24) is 14.1 Å². The van der Waals surface area contributed by atoms with Crippen LogP contribution in [0.5, 0.6) is 0 Å². The number of fused-ring (bicyclic) bond motifs is 1. The number of pyridine rings is 1. The number of aromatic nitrogens is 2. The molecule has 0 radical (unpaired) electrons. The third kappa shape index (κ3) is 3.60. The summed E-state index contributed by atoms with van der Waals surface area (Å²) in [5, 5.41) is -0.611. The van der Waals surface area contributed by atoms with Crippen molar-refractivity contribution in [3.8, 4) is 0 Å². The van der Waals surface area contributed by atoms with E-state index in [9.17, 15) is 13.2 Å². The molecule has 1 N–H and O–H groups in total. The normalized spacial score (nSPS) is 13.5. The minimum atomic E-state index is -3.66. The summed E-state index contributed by atoms with van der Waals surface area (Å²) in [6.45, 7) is 5.50. The van der Waals surface area contributed by atoms with Gasteiger partial charge in [0, 0.05) is 11.8 Å². The molecule has 2 aromatic heterocycles. The van der Waals surface area contributed by atoms with Crippen molar-refractivity contribution in [3.63, 3.8) is 0 Å². The lowest BCUT2D eigenvalue weighted by Crippen LogP contribution is -2.37. The topological polar surface area (TPSA) is 80.5 Å². The molecule has 0 aromatic carbocycles. The van der Waals surface area contributed by atoms with E-state index in [1.807, 2.05) is 13.8 Å². The van der Waals surface area contributed by atoms with Gasteiger partial charge in [0.25, 0.3) is 5.91 Å². The van der Waals surface area contributed by atoms with Gasteiger partial charge in [0.15, 0.2) is 0 Å². The van der Waals surface area contributed by atoms with Crippen LogP contribution in [0.2, 0.25) is 0 Å². The zero-order valence-electron chi connectivity index (χ0n) is 12.3. The Morgan fingerprint density at radius 3 is 2.76 bits per heavy atom. The molecule has 21 heavy (non-hydrogen) atoms. The van der Waals surface area contributed by atoms with Crippen molar-refractivity contribution in [2.75, 3.05) is 0 Å². The molecule has 7 heteroatoms. The molecule has 0 aliphatic rings. The Morgan fingerprint density at radius 2 is 2.10 bits per heavy atom. The van der Waals surface area contributed by atoms with Gasteiger partial charge in [0.1, 0.15) is 0 Å². The summed E-state index contributed by atoms with van der Waals surface area (Å²) in [6, 6.07) is 3.16. The van der Waals surface area contributed by atoms with Crippen molar-refractivity contribution in [2.45, 2.75) is 32.4 Å². The summed E-state index contributed by atoms with van der Waals surface area (Å²) in [4.78, 5) is 16.0. The number of rotatable bonds is 5. The second kappa shape index (κ2) is 5.85. The van der Waals surface area contributed by atoms with Crippen molar-refractivity contribution >= 4 is 21.4 Å². The summed E-state index contributed by atoms with van der Waals surface area (Å²) >= 11 is 0. The van der Waals surface area contributed by atoms with E-state index in [0.29, 0.717) is 12.0 Å². The molecule has 2 rings (SSSR count). The molecule has 2 heterocycles.